The number of nitrogens with zero attached hydrogens (tertiary/aromatic N) is 3. The van der Waals surface area contributed by atoms with Gasteiger partial charge in [0.15, 0.2) is 11.5 Å². The van der Waals surface area contributed by atoms with Crippen molar-refractivity contribution in [3.63, 3.8) is 0 Å². The van der Waals surface area contributed by atoms with Crippen molar-refractivity contribution in [1.29, 1.82) is 0 Å². The fraction of sp³-hybridized carbons (Fsp3) is 0.375. The minimum Gasteiger partial charge on any atom is -0.496 e. The summed E-state index contributed by atoms with van der Waals surface area (Å²) < 4.78 is 16.3. The summed E-state index contributed by atoms with van der Waals surface area (Å²) in [6.45, 7) is 2.20. The summed E-state index contributed by atoms with van der Waals surface area (Å²) in [6, 6.07) is 5.63. The molecule has 0 atom stereocenters. The molecule has 0 unspecified atom stereocenters. The van der Waals surface area contributed by atoms with Crippen LogP contribution in [0.4, 0.5) is 11.8 Å². The van der Waals surface area contributed by atoms with E-state index in [2.05, 4.69) is 14.9 Å². The first-order valence-electron chi connectivity index (χ1n) is 7.62. The minimum atomic E-state index is 0.215. The van der Waals surface area contributed by atoms with Crippen molar-refractivity contribution in [2.75, 3.05) is 37.6 Å². The molecule has 2 aliphatic heterocycles. The first-order valence-corrected chi connectivity index (χ1v) is 7.62. The Hall–Kier alpha value is -2.70. The molecule has 0 amide bonds. The highest BCUT2D eigenvalue weighted by atomic mass is 16.7. The number of hydrogen-bond donors (Lipinski definition) is 1. The lowest BCUT2D eigenvalue weighted by Gasteiger charge is -2.18. The maximum atomic E-state index is 5.92. The zero-order valence-corrected chi connectivity index (χ0v) is 12.9. The van der Waals surface area contributed by atoms with Crippen LogP contribution in [0, 0.1) is 0 Å². The van der Waals surface area contributed by atoms with Gasteiger partial charge in [0.05, 0.1) is 12.8 Å². The molecule has 4 rings (SSSR count). The average Bonchev–Trinajstić information content (AvgIpc) is 3.24. The molecule has 1 fully saturated rings. The summed E-state index contributed by atoms with van der Waals surface area (Å²) in [5, 5.41) is 0. The molecule has 1 saturated heterocycles. The molecule has 2 aliphatic rings. The van der Waals surface area contributed by atoms with Gasteiger partial charge in [-0.2, -0.15) is 4.98 Å². The van der Waals surface area contributed by atoms with Crippen molar-refractivity contribution in [2.24, 2.45) is 0 Å². The van der Waals surface area contributed by atoms with E-state index >= 15 is 0 Å². The number of ether oxygens (including phenoxy) is 3. The van der Waals surface area contributed by atoms with E-state index in [1.807, 2.05) is 18.2 Å². The van der Waals surface area contributed by atoms with Crippen LogP contribution in [0.3, 0.4) is 0 Å². The summed E-state index contributed by atoms with van der Waals surface area (Å²) in [6.07, 6.45) is 2.35. The van der Waals surface area contributed by atoms with Gasteiger partial charge in [-0.15, -0.1) is 0 Å². The van der Waals surface area contributed by atoms with Crippen molar-refractivity contribution in [3.05, 3.63) is 18.2 Å². The molecule has 0 spiro atoms. The quantitative estimate of drug-likeness (QED) is 0.928. The molecule has 0 radical (unpaired) electrons. The number of nitrogens with two attached hydrogens (primary N) is 1. The molecule has 2 N–H and O–H groups in total. The maximum Gasteiger partial charge on any atom is 0.231 e. The van der Waals surface area contributed by atoms with Crippen molar-refractivity contribution >= 4 is 11.8 Å². The SMILES string of the molecule is COc1cc2c(cc1-c1cc(N3CCCC3)nc(N)n1)OCO2. The van der Waals surface area contributed by atoms with Crippen LogP contribution in [0.1, 0.15) is 12.8 Å². The Balaban J connectivity index is 1.81. The fourth-order valence-electron chi connectivity index (χ4n) is 2.99. The molecule has 0 bridgehead atoms. The van der Waals surface area contributed by atoms with E-state index in [4.69, 9.17) is 19.9 Å². The van der Waals surface area contributed by atoms with Gasteiger partial charge in [0.1, 0.15) is 11.6 Å². The number of fused-ring (bicyclic) bond motifs is 1. The van der Waals surface area contributed by atoms with Crippen LogP contribution in [0.5, 0.6) is 17.2 Å². The molecular formula is C16H18N4O3. The molecule has 7 nitrogen and oxygen atoms in total. The third-order valence-corrected chi connectivity index (χ3v) is 4.13. The number of hydrogen-bond acceptors (Lipinski definition) is 7. The third kappa shape index (κ3) is 2.48. The zero-order valence-electron chi connectivity index (χ0n) is 12.9. The van der Waals surface area contributed by atoms with Crippen LogP contribution in [-0.4, -0.2) is 37.0 Å². The Kier molecular flexibility index (Phi) is 3.33. The minimum absolute atomic E-state index is 0.215. The second-order valence-electron chi connectivity index (χ2n) is 5.57. The van der Waals surface area contributed by atoms with Gasteiger partial charge in [-0.1, -0.05) is 0 Å². The van der Waals surface area contributed by atoms with Crippen LogP contribution in [0.15, 0.2) is 18.2 Å². The Morgan fingerprint density at radius 1 is 1.09 bits per heavy atom. The summed E-state index contributed by atoms with van der Waals surface area (Å²) in [5.41, 5.74) is 7.45. The van der Waals surface area contributed by atoms with Gasteiger partial charge in [-0.05, 0) is 18.9 Å². The fourth-order valence-corrected chi connectivity index (χ4v) is 2.99. The van der Waals surface area contributed by atoms with Crippen molar-refractivity contribution in [1.82, 2.24) is 9.97 Å². The highest BCUT2D eigenvalue weighted by molar-refractivity contribution is 5.74. The van der Waals surface area contributed by atoms with E-state index in [0.29, 0.717) is 17.2 Å². The summed E-state index contributed by atoms with van der Waals surface area (Å²) in [7, 11) is 1.62. The van der Waals surface area contributed by atoms with Crippen molar-refractivity contribution in [3.8, 4) is 28.5 Å². The van der Waals surface area contributed by atoms with Crippen LogP contribution < -0.4 is 24.8 Å². The second-order valence-corrected chi connectivity index (χ2v) is 5.57. The number of rotatable bonds is 3. The Morgan fingerprint density at radius 2 is 1.83 bits per heavy atom. The van der Waals surface area contributed by atoms with E-state index in [9.17, 15) is 0 Å². The topological polar surface area (TPSA) is 82.7 Å². The van der Waals surface area contributed by atoms with Crippen molar-refractivity contribution < 1.29 is 14.2 Å². The number of anilines is 2. The van der Waals surface area contributed by atoms with Crippen LogP contribution in [0.25, 0.3) is 11.3 Å². The number of nitrogen functional groups attached to an aromatic ring is 1. The zero-order chi connectivity index (χ0) is 15.8. The average molecular weight is 314 g/mol. The lowest BCUT2D eigenvalue weighted by molar-refractivity contribution is 0.174. The van der Waals surface area contributed by atoms with E-state index in [1.165, 1.54) is 12.8 Å². The highest BCUT2D eigenvalue weighted by Gasteiger charge is 2.21. The first kappa shape index (κ1) is 13.9. The molecular weight excluding hydrogens is 296 g/mol. The molecule has 23 heavy (non-hydrogen) atoms. The van der Waals surface area contributed by atoms with Gasteiger partial charge in [0, 0.05) is 30.8 Å². The van der Waals surface area contributed by atoms with E-state index in [0.717, 1.165) is 30.2 Å². The first-order chi connectivity index (χ1) is 11.2. The largest absolute Gasteiger partial charge is 0.496 e. The van der Waals surface area contributed by atoms with E-state index < -0.39 is 0 Å². The Morgan fingerprint density at radius 3 is 2.57 bits per heavy atom. The number of aromatic nitrogens is 2. The molecule has 1 aromatic carbocycles. The Bertz CT molecular complexity index is 744. The van der Waals surface area contributed by atoms with Gasteiger partial charge in [0.2, 0.25) is 12.7 Å². The van der Waals surface area contributed by atoms with Crippen LogP contribution in [0.2, 0.25) is 0 Å². The molecule has 7 heteroatoms. The normalized spacial score (nSPS) is 16.0. The highest BCUT2D eigenvalue weighted by Crippen LogP contribution is 2.42. The molecule has 120 valence electrons. The summed E-state index contributed by atoms with van der Waals surface area (Å²) in [4.78, 5) is 11.0. The predicted molar refractivity (Wildman–Crippen MR) is 86.0 cm³/mol. The molecule has 1 aromatic heterocycles. The molecule has 3 heterocycles. The molecule has 0 saturated carbocycles. The summed E-state index contributed by atoms with van der Waals surface area (Å²) >= 11 is 0. The second kappa shape index (κ2) is 5.49. The van der Waals surface area contributed by atoms with Crippen LogP contribution in [-0.2, 0) is 0 Å². The Labute approximate surface area is 134 Å². The lowest BCUT2D eigenvalue weighted by Crippen LogP contribution is -2.19. The van der Waals surface area contributed by atoms with Gasteiger partial charge in [-0.3, -0.25) is 0 Å². The van der Waals surface area contributed by atoms with E-state index in [-0.39, 0.29) is 12.7 Å². The van der Waals surface area contributed by atoms with E-state index in [1.54, 1.807) is 7.11 Å². The summed E-state index contributed by atoms with van der Waals surface area (Å²) in [5.74, 6) is 3.13. The predicted octanol–water partition coefficient (Wildman–Crippen LogP) is 2.06. The van der Waals surface area contributed by atoms with Gasteiger partial charge in [-0.25, -0.2) is 4.98 Å². The van der Waals surface area contributed by atoms with Gasteiger partial charge >= 0.3 is 0 Å². The standard InChI is InChI=1S/C16H18N4O3/c1-21-12-8-14-13(22-9-23-14)6-10(12)11-7-15(19-16(17)18-11)20-4-2-3-5-20/h6-8H,2-5,9H2,1H3,(H2,17,18,19). The lowest BCUT2D eigenvalue weighted by atomic mass is 10.1. The number of methoxy groups -OCH3 is 1. The molecule has 2 aromatic rings. The monoisotopic (exact) mass is 314 g/mol. The third-order valence-electron chi connectivity index (χ3n) is 4.13. The molecule has 0 aliphatic carbocycles. The van der Waals surface area contributed by atoms with Gasteiger partial charge < -0.3 is 24.8 Å². The number of benzene rings is 1. The van der Waals surface area contributed by atoms with Gasteiger partial charge in [0.25, 0.3) is 0 Å². The smallest absolute Gasteiger partial charge is 0.231 e. The van der Waals surface area contributed by atoms with Crippen LogP contribution >= 0.6 is 0 Å². The maximum absolute atomic E-state index is 5.92. The van der Waals surface area contributed by atoms with Crippen molar-refractivity contribution in [2.45, 2.75) is 12.8 Å².